The molecule has 7 nitrogen and oxygen atoms in total. The van der Waals surface area contributed by atoms with Gasteiger partial charge < -0.3 is 5.32 Å². The number of anilines is 2. The molecule has 0 spiro atoms. The molecule has 0 unspecified atom stereocenters. The maximum Gasteiger partial charge on any atom is 0.282 e. The second kappa shape index (κ2) is 8.70. The van der Waals surface area contributed by atoms with Gasteiger partial charge in [-0.15, -0.1) is 0 Å². The Morgan fingerprint density at radius 3 is 2.09 bits per heavy atom. The number of nitro groups is 1. The first kappa shape index (κ1) is 22.0. The third kappa shape index (κ3) is 4.13. The summed E-state index contributed by atoms with van der Waals surface area (Å²) in [6, 6.07) is 20.5. The molecule has 33 heavy (non-hydrogen) atoms. The highest BCUT2D eigenvalue weighted by Crippen LogP contribution is 2.35. The Hall–Kier alpha value is -4.26. The number of benzene rings is 3. The standard InChI is InChI=1S/C26H23N3O4/c1-16(2)18-8-12-20(13-9-18)27-24-23(19-10-14-21(15-11-19)29(32)33)25(30)28(26(24)31)22-7-5-4-6-17(22)3/h4-16,27H,1-3H3. The molecule has 1 aliphatic rings. The van der Waals surface area contributed by atoms with Crippen molar-refractivity contribution in [2.45, 2.75) is 26.7 Å². The van der Waals surface area contributed by atoms with Crippen molar-refractivity contribution in [3.63, 3.8) is 0 Å². The summed E-state index contributed by atoms with van der Waals surface area (Å²) in [4.78, 5) is 38.7. The number of amides is 2. The van der Waals surface area contributed by atoms with Crippen LogP contribution in [0.3, 0.4) is 0 Å². The average molecular weight is 441 g/mol. The Bertz CT molecular complexity index is 1280. The van der Waals surface area contributed by atoms with Gasteiger partial charge in [0.05, 0.1) is 16.2 Å². The number of hydrogen-bond donors (Lipinski definition) is 1. The highest BCUT2D eigenvalue weighted by molar-refractivity contribution is 6.46. The predicted octanol–water partition coefficient (Wildman–Crippen LogP) is 5.42. The molecule has 0 aliphatic carbocycles. The lowest BCUT2D eigenvalue weighted by molar-refractivity contribution is -0.384. The topological polar surface area (TPSA) is 92.6 Å². The molecule has 2 amide bonds. The van der Waals surface area contributed by atoms with Crippen LogP contribution in [0.1, 0.15) is 36.5 Å². The van der Waals surface area contributed by atoms with Crippen molar-refractivity contribution in [1.82, 2.24) is 0 Å². The third-order valence-corrected chi connectivity index (χ3v) is 5.65. The Morgan fingerprint density at radius 1 is 0.879 bits per heavy atom. The van der Waals surface area contributed by atoms with Crippen LogP contribution in [0.5, 0.6) is 0 Å². The molecular weight excluding hydrogens is 418 g/mol. The van der Waals surface area contributed by atoms with Crippen molar-refractivity contribution in [2.75, 3.05) is 10.2 Å². The molecular formula is C26H23N3O4. The van der Waals surface area contributed by atoms with E-state index < -0.39 is 16.7 Å². The molecule has 1 heterocycles. The van der Waals surface area contributed by atoms with Crippen molar-refractivity contribution >= 4 is 34.4 Å². The first-order valence-electron chi connectivity index (χ1n) is 10.6. The van der Waals surface area contributed by atoms with Crippen molar-refractivity contribution in [3.05, 3.63) is 105 Å². The Balaban J connectivity index is 1.80. The minimum Gasteiger partial charge on any atom is -0.350 e. The molecule has 166 valence electrons. The lowest BCUT2D eigenvalue weighted by atomic mass is 10.0. The smallest absolute Gasteiger partial charge is 0.282 e. The second-order valence-electron chi connectivity index (χ2n) is 8.19. The van der Waals surface area contributed by atoms with Crippen molar-refractivity contribution in [1.29, 1.82) is 0 Å². The van der Waals surface area contributed by atoms with Gasteiger partial charge >= 0.3 is 0 Å². The number of aryl methyl sites for hydroxylation is 1. The lowest BCUT2D eigenvalue weighted by Crippen LogP contribution is -2.33. The summed E-state index contributed by atoms with van der Waals surface area (Å²) in [6.45, 7) is 6.02. The van der Waals surface area contributed by atoms with Crippen LogP contribution in [-0.4, -0.2) is 16.7 Å². The van der Waals surface area contributed by atoms with Gasteiger partial charge in [-0.3, -0.25) is 19.7 Å². The number of nitro benzene ring substituents is 1. The Labute approximate surface area is 191 Å². The van der Waals surface area contributed by atoms with Crippen molar-refractivity contribution in [3.8, 4) is 0 Å². The van der Waals surface area contributed by atoms with Crippen molar-refractivity contribution < 1.29 is 14.5 Å². The number of nitrogens with one attached hydrogen (secondary N) is 1. The second-order valence-corrected chi connectivity index (χ2v) is 8.19. The lowest BCUT2D eigenvalue weighted by Gasteiger charge is -2.17. The number of hydrogen-bond acceptors (Lipinski definition) is 5. The van der Waals surface area contributed by atoms with E-state index in [-0.39, 0.29) is 17.0 Å². The minimum absolute atomic E-state index is 0.0920. The van der Waals surface area contributed by atoms with E-state index in [2.05, 4.69) is 19.2 Å². The summed E-state index contributed by atoms with van der Waals surface area (Å²) in [6.07, 6.45) is 0. The SMILES string of the molecule is Cc1ccccc1N1C(=O)C(Nc2ccc(C(C)C)cc2)=C(c2ccc([N+](=O)[O-])cc2)C1=O. The van der Waals surface area contributed by atoms with Crippen LogP contribution in [0.15, 0.2) is 78.5 Å². The summed E-state index contributed by atoms with van der Waals surface area (Å²) < 4.78 is 0. The predicted molar refractivity (Wildman–Crippen MR) is 128 cm³/mol. The van der Waals surface area contributed by atoms with Gasteiger partial charge in [-0.1, -0.05) is 44.2 Å². The van der Waals surface area contributed by atoms with Gasteiger partial charge in [-0.2, -0.15) is 0 Å². The fourth-order valence-corrected chi connectivity index (χ4v) is 3.79. The number of imide groups is 1. The number of carbonyl (C=O) groups is 2. The maximum absolute atomic E-state index is 13.5. The highest BCUT2D eigenvalue weighted by atomic mass is 16.6. The Kier molecular flexibility index (Phi) is 5.79. The van der Waals surface area contributed by atoms with E-state index >= 15 is 0 Å². The van der Waals surface area contributed by atoms with E-state index in [9.17, 15) is 19.7 Å². The number of carbonyl (C=O) groups excluding carboxylic acids is 2. The summed E-state index contributed by atoms with van der Waals surface area (Å²) in [5, 5.41) is 14.2. The van der Waals surface area contributed by atoms with Gasteiger partial charge in [0.1, 0.15) is 5.70 Å². The monoisotopic (exact) mass is 441 g/mol. The van der Waals surface area contributed by atoms with Gasteiger partial charge in [0.2, 0.25) is 0 Å². The number of nitrogens with zero attached hydrogens (tertiary/aromatic N) is 2. The fraction of sp³-hybridized carbons (Fsp3) is 0.154. The molecule has 1 aliphatic heterocycles. The van der Waals surface area contributed by atoms with E-state index in [4.69, 9.17) is 0 Å². The zero-order valence-corrected chi connectivity index (χ0v) is 18.5. The van der Waals surface area contributed by atoms with Crippen LogP contribution >= 0.6 is 0 Å². The number of rotatable bonds is 6. The minimum atomic E-state index is -0.505. The van der Waals surface area contributed by atoms with Gasteiger partial charge in [-0.25, -0.2) is 4.90 Å². The van der Waals surface area contributed by atoms with Crippen LogP contribution in [0.2, 0.25) is 0 Å². The van der Waals surface area contributed by atoms with Crippen LogP contribution in [0, 0.1) is 17.0 Å². The molecule has 0 bridgehead atoms. The van der Waals surface area contributed by atoms with E-state index in [1.54, 1.807) is 12.1 Å². The van der Waals surface area contributed by atoms with E-state index in [0.29, 0.717) is 22.9 Å². The highest BCUT2D eigenvalue weighted by Gasteiger charge is 2.40. The largest absolute Gasteiger partial charge is 0.350 e. The molecule has 0 radical (unpaired) electrons. The molecule has 0 atom stereocenters. The summed E-state index contributed by atoms with van der Waals surface area (Å²) in [7, 11) is 0. The number of non-ortho nitro benzene ring substituents is 1. The van der Waals surface area contributed by atoms with Crippen LogP contribution in [0.25, 0.3) is 5.57 Å². The number of para-hydroxylation sites is 1. The van der Waals surface area contributed by atoms with Gasteiger partial charge in [0.15, 0.2) is 0 Å². The fourth-order valence-electron chi connectivity index (χ4n) is 3.79. The summed E-state index contributed by atoms with van der Waals surface area (Å²) in [5.74, 6) is -0.597. The van der Waals surface area contributed by atoms with Crippen LogP contribution < -0.4 is 10.2 Å². The molecule has 3 aromatic rings. The average Bonchev–Trinajstić information content (AvgIpc) is 3.04. The third-order valence-electron chi connectivity index (χ3n) is 5.65. The van der Waals surface area contributed by atoms with Gasteiger partial charge in [0.25, 0.3) is 17.5 Å². The molecule has 0 saturated heterocycles. The quantitative estimate of drug-likeness (QED) is 0.313. The molecule has 7 heteroatoms. The van der Waals surface area contributed by atoms with E-state index in [1.807, 2.05) is 43.3 Å². The molecule has 0 saturated carbocycles. The van der Waals surface area contributed by atoms with Gasteiger partial charge in [0, 0.05) is 17.8 Å². The zero-order chi connectivity index (χ0) is 23.7. The maximum atomic E-state index is 13.5. The van der Waals surface area contributed by atoms with Crippen LogP contribution in [-0.2, 0) is 9.59 Å². The zero-order valence-electron chi connectivity index (χ0n) is 18.5. The van der Waals surface area contributed by atoms with Crippen molar-refractivity contribution in [2.24, 2.45) is 0 Å². The van der Waals surface area contributed by atoms with E-state index in [0.717, 1.165) is 16.0 Å². The van der Waals surface area contributed by atoms with Crippen LogP contribution in [0.4, 0.5) is 17.1 Å². The normalized spacial score (nSPS) is 13.8. The molecule has 3 aromatic carbocycles. The van der Waals surface area contributed by atoms with Gasteiger partial charge in [-0.05, 0) is 59.9 Å². The molecule has 0 aromatic heterocycles. The molecule has 4 rings (SSSR count). The summed E-state index contributed by atoms with van der Waals surface area (Å²) >= 11 is 0. The van der Waals surface area contributed by atoms with E-state index in [1.165, 1.54) is 24.3 Å². The molecule has 1 N–H and O–H groups in total. The first-order chi connectivity index (χ1) is 15.8. The molecule has 0 fully saturated rings. The Morgan fingerprint density at radius 2 is 1.52 bits per heavy atom. The summed E-state index contributed by atoms with van der Waals surface area (Å²) in [5.41, 5.74) is 3.74. The first-order valence-corrected chi connectivity index (χ1v) is 10.6.